The highest BCUT2D eigenvalue weighted by Gasteiger charge is 2.29. The molecule has 1 unspecified atom stereocenters. The molecule has 1 atom stereocenters. The van der Waals surface area contributed by atoms with Gasteiger partial charge in [-0.2, -0.15) is 0 Å². The number of hydrogen-bond acceptors (Lipinski definition) is 4. The smallest absolute Gasteiger partial charge is 0.218 e. The maximum atomic E-state index is 12.9. The second-order valence-corrected chi connectivity index (χ2v) is 7.41. The fraction of sp³-hybridized carbons (Fsp3) is 0.278. The van der Waals surface area contributed by atoms with Crippen LogP contribution in [0, 0.1) is 0 Å². The Hall–Kier alpha value is -2.14. The zero-order valence-corrected chi connectivity index (χ0v) is 14.2. The van der Waals surface area contributed by atoms with Gasteiger partial charge in [-0.1, -0.05) is 18.2 Å². The summed E-state index contributed by atoms with van der Waals surface area (Å²) < 4.78 is 24.0. The number of benzene rings is 2. The van der Waals surface area contributed by atoms with Crippen LogP contribution in [0.15, 0.2) is 63.3 Å². The van der Waals surface area contributed by atoms with Gasteiger partial charge in [-0.05, 0) is 44.2 Å². The number of nitrogens with zero attached hydrogens (tertiary/aromatic N) is 1. The number of aliphatic imine (C=N–C) groups is 1. The molecule has 0 saturated heterocycles. The SMILES string of the molecule is COc1ccc(S(=O)c2ccccc2)c(C2=NC(C)(C)CO2)c1. The van der Waals surface area contributed by atoms with Crippen LogP contribution in [-0.4, -0.2) is 29.4 Å². The van der Waals surface area contributed by atoms with Gasteiger partial charge < -0.3 is 9.47 Å². The van der Waals surface area contributed by atoms with Crippen molar-refractivity contribution in [1.82, 2.24) is 0 Å². The van der Waals surface area contributed by atoms with E-state index in [0.29, 0.717) is 23.1 Å². The lowest BCUT2D eigenvalue weighted by molar-refractivity contribution is 0.279. The first-order chi connectivity index (χ1) is 11.0. The summed E-state index contributed by atoms with van der Waals surface area (Å²) in [5, 5.41) is 0. The zero-order chi connectivity index (χ0) is 16.4. The predicted octanol–water partition coefficient (Wildman–Crippen LogP) is 3.42. The minimum Gasteiger partial charge on any atom is -0.497 e. The molecule has 0 N–H and O–H groups in total. The van der Waals surface area contributed by atoms with Crippen molar-refractivity contribution < 1.29 is 13.7 Å². The minimum absolute atomic E-state index is 0.274. The molecule has 2 aromatic carbocycles. The molecule has 2 aromatic rings. The highest BCUT2D eigenvalue weighted by molar-refractivity contribution is 7.85. The van der Waals surface area contributed by atoms with E-state index in [1.807, 2.05) is 56.3 Å². The summed E-state index contributed by atoms with van der Waals surface area (Å²) in [7, 11) is 0.300. The molecule has 1 aliphatic rings. The summed E-state index contributed by atoms with van der Waals surface area (Å²) in [5.41, 5.74) is 0.446. The van der Waals surface area contributed by atoms with Gasteiger partial charge in [0.25, 0.3) is 0 Å². The Kier molecular flexibility index (Phi) is 4.22. The van der Waals surface area contributed by atoms with Crippen LogP contribution in [0.25, 0.3) is 0 Å². The Bertz CT molecular complexity index is 769. The van der Waals surface area contributed by atoms with Gasteiger partial charge in [0, 0.05) is 4.90 Å². The van der Waals surface area contributed by atoms with Crippen LogP contribution in [0.3, 0.4) is 0 Å². The van der Waals surface area contributed by atoms with E-state index >= 15 is 0 Å². The average Bonchev–Trinajstić information content (AvgIpc) is 2.94. The molecule has 5 heteroatoms. The van der Waals surface area contributed by atoms with Crippen LogP contribution in [0.2, 0.25) is 0 Å². The lowest BCUT2D eigenvalue weighted by Gasteiger charge is -2.11. The van der Waals surface area contributed by atoms with Gasteiger partial charge >= 0.3 is 0 Å². The van der Waals surface area contributed by atoms with E-state index in [0.717, 1.165) is 10.5 Å². The van der Waals surface area contributed by atoms with Gasteiger partial charge in [-0.3, -0.25) is 0 Å². The summed E-state index contributed by atoms with van der Waals surface area (Å²) in [5.74, 6) is 1.21. The molecule has 3 rings (SSSR count). The van der Waals surface area contributed by atoms with Gasteiger partial charge in [0.2, 0.25) is 5.90 Å². The van der Waals surface area contributed by atoms with Crippen LogP contribution in [0.5, 0.6) is 5.75 Å². The maximum absolute atomic E-state index is 12.9. The van der Waals surface area contributed by atoms with Crippen molar-refractivity contribution in [3.63, 3.8) is 0 Å². The van der Waals surface area contributed by atoms with Crippen molar-refractivity contribution in [2.75, 3.05) is 13.7 Å². The predicted molar refractivity (Wildman–Crippen MR) is 90.7 cm³/mol. The molecule has 1 heterocycles. The summed E-state index contributed by atoms with van der Waals surface area (Å²) in [6, 6.07) is 14.8. The summed E-state index contributed by atoms with van der Waals surface area (Å²) in [6.45, 7) is 4.53. The third-order valence-corrected chi connectivity index (χ3v) is 5.00. The standard InChI is InChI=1S/C18H19NO3S/c1-18(2)12-22-17(19-18)15-11-13(21-3)9-10-16(15)23(20)14-7-5-4-6-8-14/h4-11H,12H2,1-3H3. The van der Waals surface area contributed by atoms with E-state index in [9.17, 15) is 4.21 Å². The van der Waals surface area contributed by atoms with Crippen molar-refractivity contribution in [1.29, 1.82) is 0 Å². The Labute approximate surface area is 138 Å². The Morgan fingerprint density at radius 3 is 2.52 bits per heavy atom. The molecule has 0 aliphatic carbocycles. The molecular formula is C18H19NO3S. The van der Waals surface area contributed by atoms with E-state index in [2.05, 4.69) is 4.99 Å². The number of rotatable bonds is 4. The van der Waals surface area contributed by atoms with Crippen LogP contribution in [0.4, 0.5) is 0 Å². The fourth-order valence-electron chi connectivity index (χ4n) is 2.36. The molecule has 0 amide bonds. The van der Waals surface area contributed by atoms with Crippen LogP contribution in [-0.2, 0) is 15.5 Å². The minimum atomic E-state index is -1.31. The Morgan fingerprint density at radius 1 is 1.17 bits per heavy atom. The molecule has 0 radical (unpaired) electrons. The van der Waals surface area contributed by atoms with Gasteiger partial charge in [0.15, 0.2) is 0 Å². The van der Waals surface area contributed by atoms with E-state index in [4.69, 9.17) is 9.47 Å². The van der Waals surface area contributed by atoms with Crippen LogP contribution >= 0.6 is 0 Å². The second kappa shape index (κ2) is 6.16. The molecule has 0 saturated carbocycles. The molecule has 120 valence electrons. The third-order valence-electron chi connectivity index (χ3n) is 3.54. The molecule has 0 bridgehead atoms. The molecule has 1 aliphatic heterocycles. The summed E-state index contributed by atoms with van der Waals surface area (Å²) in [6.07, 6.45) is 0. The summed E-state index contributed by atoms with van der Waals surface area (Å²) >= 11 is 0. The quantitative estimate of drug-likeness (QED) is 0.863. The lowest BCUT2D eigenvalue weighted by atomic mass is 10.1. The van der Waals surface area contributed by atoms with Crippen LogP contribution in [0.1, 0.15) is 19.4 Å². The first-order valence-electron chi connectivity index (χ1n) is 7.38. The van der Waals surface area contributed by atoms with Crippen molar-refractivity contribution >= 4 is 16.7 Å². The van der Waals surface area contributed by atoms with E-state index in [1.165, 1.54) is 0 Å². The molecule has 23 heavy (non-hydrogen) atoms. The van der Waals surface area contributed by atoms with Gasteiger partial charge in [-0.25, -0.2) is 9.20 Å². The van der Waals surface area contributed by atoms with Crippen molar-refractivity contribution in [3.05, 3.63) is 54.1 Å². The van der Waals surface area contributed by atoms with Crippen molar-refractivity contribution in [2.45, 2.75) is 29.2 Å². The van der Waals surface area contributed by atoms with E-state index in [1.54, 1.807) is 13.2 Å². The molecule has 0 aromatic heterocycles. The maximum Gasteiger partial charge on any atom is 0.218 e. The monoisotopic (exact) mass is 329 g/mol. The first-order valence-corrected chi connectivity index (χ1v) is 8.53. The molecule has 0 spiro atoms. The normalized spacial score (nSPS) is 17.3. The van der Waals surface area contributed by atoms with E-state index in [-0.39, 0.29) is 5.54 Å². The Balaban J connectivity index is 2.09. The number of hydrogen-bond donors (Lipinski definition) is 0. The van der Waals surface area contributed by atoms with Crippen molar-refractivity contribution in [3.8, 4) is 5.75 Å². The van der Waals surface area contributed by atoms with Gasteiger partial charge in [0.1, 0.15) is 12.4 Å². The third kappa shape index (κ3) is 3.29. The highest BCUT2D eigenvalue weighted by Crippen LogP contribution is 2.29. The fourth-order valence-corrected chi connectivity index (χ4v) is 3.55. The molecule has 4 nitrogen and oxygen atoms in total. The van der Waals surface area contributed by atoms with Gasteiger partial charge in [-0.15, -0.1) is 0 Å². The topological polar surface area (TPSA) is 47.9 Å². The number of ether oxygens (including phenoxy) is 2. The first kappa shape index (κ1) is 15.7. The summed E-state index contributed by atoms with van der Waals surface area (Å²) in [4.78, 5) is 6.03. The van der Waals surface area contributed by atoms with Crippen LogP contribution < -0.4 is 4.74 Å². The lowest BCUT2D eigenvalue weighted by Crippen LogP contribution is -2.17. The highest BCUT2D eigenvalue weighted by atomic mass is 32.2. The van der Waals surface area contributed by atoms with Crippen molar-refractivity contribution in [2.24, 2.45) is 4.99 Å². The zero-order valence-electron chi connectivity index (χ0n) is 13.4. The largest absolute Gasteiger partial charge is 0.497 e. The number of methoxy groups -OCH3 is 1. The second-order valence-electron chi connectivity index (χ2n) is 5.96. The molecular weight excluding hydrogens is 310 g/mol. The van der Waals surface area contributed by atoms with E-state index < -0.39 is 10.8 Å². The average molecular weight is 329 g/mol. The molecule has 0 fully saturated rings. The van der Waals surface area contributed by atoms with Gasteiger partial charge in [0.05, 0.1) is 33.9 Å². The Morgan fingerprint density at radius 2 is 1.91 bits per heavy atom.